The Morgan fingerprint density at radius 3 is 2.50 bits per heavy atom. The van der Waals surface area contributed by atoms with Crippen LogP contribution >= 0.6 is 35.0 Å². The van der Waals surface area contributed by atoms with Crippen LogP contribution in [0.5, 0.6) is 0 Å². The molecular weight excluding hydrogens is 287 g/mol. The summed E-state index contributed by atoms with van der Waals surface area (Å²) >= 11 is 13.7. The highest BCUT2D eigenvalue weighted by molar-refractivity contribution is 7.99. The average molecular weight is 299 g/mol. The quantitative estimate of drug-likeness (QED) is 0.865. The van der Waals surface area contributed by atoms with Crippen molar-refractivity contribution in [2.45, 2.75) is 23.3 Å². The summed E-state index contributed by atoms with van der Waals surface area (Å²) in [5.41, 5.74) is 2.02. The predicted octanol–water partition coefficient (Wildman–Crippen LogP) is 4.95. The summed E-state index contributed by atoms with van der Waals surface area (Å²) in [6.07, 6.45) is 0. The highest BCUT2D eigenvalue weighted by Crippen LogP contribution is 2.36. The van der Waals surface area contributed by atoms with E-state index in [4.69, 9.17) is 28.3 Å². The molecule has 1 N–H and O–H groups in total. The van der Waals surface area contributed by atoms with Gasteiger partial charge >= 0.3 is 0 Å². The second kappa shape index (κ2) is 5.98. The zero-order chi connectivity index (χ0) is 13.1. The van der Waals surface area contributed by atoms with E-state index >= 15 is 0 Å². The maximum atomic E-state index is 9.08. The van der Waals surface area contributed by atoms with Gasteiger partial charge in [0, 0.05) is 14.8 Å². The van der Waals surface area contributed by atoms with E-state index in [1.54, 1.807) is 23.9 Å². The van der Waals surface area contributed by atoms with E-state index in [0.717, 1.165) is 20.9 Å². The zero-order valence-corrected chi connectivity index (χ0v) is 12.1. The summed E-state index contributed by atoms with van der Waals surface area (Å²) in [6, 6.07) is 11.3. The maximum Gasteiger partial charge on any atom is 0.0681 e. The van der Waals surface area contributed by atoms with Crippen molar-refractivity contribution in [2.24, 2.45) is 0 Å². The lowest BCUT2D eigenvalue weighted by Gasteiger charge is -2.09. The minimum atomic E-state index is 0.0592. The van der Waals surface area contributed by atoms with E-state index in [0.29, 0.717) is 10.0 Å². The molecule has 0 fully saturated rings. The Kier molecular flexibility index (Phi) is 4.57. The lowest BCUT2D eigenvalue weighted by molar-refractivity contribution is 0.281. The number of aryl methyl sites for hydroxylation is 1. The monoisotopic (exact) mass is 298 g/mol. The van der Waals surface area contributed by atoms with Crippen LogP contribution < -0.4 is 0 Å². The van der Waals surface area contributed by atoms with Crippen molar-refractivity contribution in [3.05, 3.63) is 57.6 Å². The molecule has 0 unspecified atom stereocenters. The highest BCUT2D eigenvalue weighted by atomic mass is 35.5. The SMILES string of the molecule is Cc1cc(CO)ccc1Sc1cc(Cl)ccc1Cl. The number of hydrogen-bond donors (Lipinski definition) is 1. The molecule has 4 heteroatoms. The van der Waals surface area contributed by atoms with E-state index in [9.17, 15) is 0 Å². The Morgan fingerprint density at radius 2 is 1.83 bits per heavy atom. The van der Waals surface area contributed by atoms with Crippen molar-refractivity contribution in [2.75, 3.05) is 0 Å². The lowest BCUT2D eigenvalue weighted by atomic mass is 10.1. The second-order valence-corrected chi connectivity index (χ2v) is 5.86. The van der Waals surface area contributed by atoms with E-state index in [2.05, 4.69) is 0 Å². The summed E-state index contributed by atoms with van der Waals surface area (Å²) in [7, 11) is 0. The smallest absolute Gasteiger partial charge is 0.0681 e. The van der Waals surface area contributed by atoms with Crippen molar-refractivity contribution < 1.29 is 5.11 Å². The van der Waals surface area contributed by atoms with E-state index in [-0.39, 0.29) is 6.61 Å². The molecule has 2 rings (SSSR count). The van der Waals surface area contributed by atoms with Crippen LogP contribution in [0.2, 0.25) is 10.0 Å². The van der Waals surface area contributed by atoms with Gasteiger partial charge in [0.25, 0.3) is 0 Å². The van der Waals surface area contributed by atoms with Crippen molar-refractivity contribution >= 4 is 35.0 Å². The molecule has 0 aliphatic carbocycles. The maximum absolute atomic E-state index is 9.08. The molecule has 2 aromatic carbocycles. The fraction of sp³-hybridized carbons (Fsp3) is 0.143. The molecular formula is C14H12Cl2OS. The van der Waals surface area contributed by atoms with E-state index in [1.807, 2.05) is 31.2 Å². The van der Waals surface area contributed by atoms with Gasteiger partial charge in [-0.1, -0.05) is 47.1 Å². The number of rotatable bonds is 3. The van der Waals surface area contributed by atoms with E-state index < -0.39 is 0 Å². The first kappa shape index (κ1) is 13.8. The summed E-state index contributed by atoms with van der Waals surface area (Å²) in [4.78, 5) is 2.04. The lowest BCUT2D eigenvalue weighted by Crippen LogP contribution is -1.87. The van der Waals surface area contributed by atoms with Crippen LogP contribution in [0.1, 0.15) is 11.1 Å². The molecule has 0 heterocycles. The second-order valence-electron chi connectivity index (χ2n) is 3.93. The number of aliphatic hydroxyl groups is 1. The molecule has 2 aromatic rings. The Balaban J connectivity index is 2.31. The van der Waals surface area contributed by atoms with Crippen molar-refractivity contribution in [1.29, 1.82) is 0 Å². The first-order valence-electron chi connectivity index (χ1n) is 5.43. The molecule has 0 atom stereocenters. The molecule has 0 spiro atoms. The molecule has 0 amide bonds. The average Bonchev–Trinajstić information content (AvgIpc) is 2.36. The topological polar surface area (TPSA) is 20.2 Å². The van der Waals surface area contributed by atoms with Crippen molar-refractivity contribution in [3.8, 4) is 0 Å². The van der Waals surface area contributed by atoms with Gasteiger partial charge in [0.15, 0.2) is 0 Å². The Morgan fingerprint density at radius 1 is 1.06 bits per heavy atom. The first-order chi connectivity index (χ1) is 8.60. The summed E-state index contributed by atoms with van der Waals surface area (Å²) < 4.78 is 0. The molecule has 18 heavy (non-hydrogen) atoms. The molecule has 0 radical (unpaired) electrons. The minimum Gasteiger partial charge on any atom is -0.392 e. The highest BCUT2D eigenvalue weighted by Gasteiger charge is 2.06. The molecule has 0 saturated heterocycles. The third kappa shape index (κ3) is 3.21. The van der Waals surface area contributed by atoms with Crippen LogP contribution in [0, 0.1) is 6.92 Å². The number of hydrogen-bond acceptors (Lipinski definition) is 2. The third-order valence-electron chi connectivity index (χ3n) is 2.54. The predicted molar refractivity (Wildman–Crippen MR) is 77.7 cm³/mol. The van der Waals surface area contributed by atoms with Gasteiger partial charge in [-0.05, 0) is 42.3 Å². The van der Waals surface area contributed by atoms with Crippen LogP contribution in [0.25, 0.3) is 0 Å². The van der Waals surface area contributed by atoms with Crippen LogP contribution in [-0.2, 0) is 6.61 Å². The summed E-state index contributed by atoms with van der Waals surface area (Å²) in [5, 5.41) is 10.4. The van der Waals surface area contributed by atoms with E-state index in [1.165, 1.54) is 0 Å². The van der Waals surface area contributed by atoms with Gasteiger partial charge in [0.2, 0.25) is 0 Å². The minimum absolute atomic E-state index is 0.0592. The fourth-order valence-electron chi connectivity index (χ4n) is 1.60. The molecule has 1 nitrogen and oxygen atoms in total. The van der Waals surface area contributed by atoms with Crippen LogP contribution in [-0.4, -0.2) is 5.11 Å². The largest absolute Gasteiger partial charge is 0.392 e. The van der Waals surface area contributed by atoms with Crippen molar-refractivity contribution in [1.82, 2.24) is 0 Å². The number of halogens is 2. The van der Waals surface area contributed by atoms with Gasteiger partial charge in [-0.25, -0.2) is 0 Å². The van der Waals surface area contributed by atoms with Crippen LogP contribution in [0.15, 0.2) is 46.2 Å². The standard InChI is InChI=1S/C14H12Cl2OS/c1-9-6-10(8-17)2-5-13(9)18-14-7-11(15)3-4-12(14)16/h2-7,17H,8H2,1H3. The van der Waals surface area contributed by atoms with Gasteiger partial charge in [-0.15, -0.1) is 0 Å². The molecule has 0 aliphatic heterocycles. The summed E-state index contributed by atoms with van der Waals surface area (Å²) in [5.74, 6) is 0. The number of benzene rings is 2. The normalized spacial score (nSPS) is 10.7. The Hall–Kier alpha value is -0.670. The first-order valence-corrected chi connectivity index (χ1v) is 7.00. The van der Waals surface area contributed by atoms with Gasteiger partial charge in [0.1, 0.15) is 0 Å². The molecule has 0 aliphatic rings. The zero-order valence-electron chi connectivity index (χ0n) is 9.78. The van der Waals surface area contributed by atoms with Crippen LogP contribution in [0.3, 0.4) is 0 Å². The summed E-state index contributed by atoms with van der Waals surface area (Å²) in [6.45, 7) is 2.07. The van der Waals surface area contributed by atoms with Gasteiger partial charge in [-0.3, -0.25) is 0 Å². The molecule has 0 saturated carbocycles. The molecule has 0 aromatic heterocycles. The van der Waals surface area contributed by atoms with Crippen molar-refractivity contribution in [3.63, 3.8) is 0 Å². The fourth-order valence-corrected chi connectivity index (χ4v) is 3.01. The Labute approximate surface area is 121 Å². The third-order valence-corrected chi connectivity index (χ3v) is 4.45. The van der Waals surface area contributed by atoms with Gasteiger partial charge < -0.3 is 5.11 Å². The molecule has 94 valence electrons. The van der Waals surface area contributed by atoms with Crippen LogP contribution in [0.4, 0.5) is 0 Å². The van der Waals surface area contributed by atoms with Gasteiger partial charge in [-0.2, -0.15) is 0 Å². The molecule has 0 bridgehead atoms. The Bertz CT molecular complexity index is 570. The van der Waals surface area contributed by atoms with Gasteiger partial charge in [0.05, 0.1) is 11.6 Å². The number of aliphatic hydroxyl groups excluding tert-OH is 1.